The monoisotopic (exact) mass is 322 g/mol. The van der Waals surface area contributed by atoms with E-state index in [0.717, 1.165) is 43.5 Å². The number of likely N-dealkylation sites (tertiary alicyclic amines) is 1. The lowest BCUT2D eigenvalue weighted by Gasteiger charge is -2.34. The topological polar surface area (TPSA) is 52.6 Å². The minimum Gasteiger partial charge on any atom is -0.387 e. The SMILES string of the molecule is CCCC(=O)NC1CCCN(CC(O)c2ccc(F)cc2C)C1. The van der Waals surface area contributed by atoms with Gasteiger partial charge < -0.3 is 10.4 Å². The molecular formula is C18H27FN2O2. The summed E-state index contributed by atoms with van der Waals surface area (Å²) in [5.74, 6) is -0.176. The minimum absolute atomic E-state index is 0.106. The highest BCUT2D eigenvalue weighted by Crippen LogP contribution is 2.21. The molecule has 23 heavy (non-hydrogen) atoms. The Morgan fingerprint density at radius 3 is 3.00 bits per heavy atom. The molecule has 1 heterocycles. The lowest BCUT2D eigenvalue weighted by molar-refractivity contribution is -0.122. The fourth-order valence-electron chi connectivity index (χ4n) is 3.22. The summed E-state index contributed by atoms with van der Waals surface area (Å²) in [7, 11) is 0. The summed E-state index contributed by atoms with van der Waals surface area (Å²) in [6.07, 6.45) is 2.77. The van der Waals surface area contributed by atoms with Crippen molar-refractivity contribution in [3.63, 3.8) is 0 Å². The zero-order valence-electron chi connectivity index (χ0n) is 14.0. The lowest BCUT2D eigenvalue weighted by atomic mass is 10.0. The van der Waals surface area contributed by atoms with Crippen molar-refractivity contribution in [2.75, 3.05) is 19.6 Å². The molecule has 2 rings (SSSR count). The van der Waals surface area contributed by atoms with Crippen molar-refractivity contribution in [3.8, 4) is 0 Å². The molecule has 0 aromatic heterocycles. The Labute approximate surface area is 137 Å². The molecule has 0 bridgehead atoms. The number of piperidine rings is 1. The fraction of sp³-hybridized carbons (Fsp3) is 0.611. The Morgan fingerprint density at radius 1 is 1.52 bits per heavy atom. The molecule has 5 heteroatoms. The zero-order chi connectivity index (χ0) is 16.8. The average Bonchev–Trinajstić information content (AvgIpc) is 2.47. The van der Waals surface area contributed by atoms with Gasteiger partial charge in [0.25, 0.3) is 0 Å². The number of carbonyl (C=O) groups is 1. The van der Waals surface area contributed by atoms with Gasteiger partial charge in [-0.15, -0.1) is 0 Å². The van der Waals surface area contributed by atoms with Crippen LogP contribution >= 0.6 is 0 Å². The number of nitrogens with zero attached hydrogens (tertiary/aromatic N) is 1. The maximum atomic E-state index is 13.2. The van der Waals surface area contributed by atoms with Crippen LogP contribution < -0.4 is 5.32 Å². The van der Waals surface area contributed by atoms with E-state index in [-0.39, 0.29) is 17.8 Å². The molecule has 1 aromatic rings. The second kappa shape index (κ2) is 8.41. The van der Waals surface area contributed by atoms with Gasteiger partial charge in [-0.05, 0) is 56.0 Å². The first-order valence-corrected chi connectivity index (χ1v) is 8.45. The van der Waals surface area contributed by atoms with Crippen molar-refractivity contribution in [2.45, 2.75) is 51.7 Å². The summed E-state index contributed by atoms with van der Waals surface area (Å²) in [5.41, 5.74) is 1.53. The summed E-state index contributed by atoms with van der Waals surface area (Å²) in [6, 6.07) is 4.64. The van der Waals surface area contributed by atoms with Gasteiger partial charge in [0.05, 0.1) is 6.10 Å². The second-order valence-electron chi connectivity index (χ2n) is 6.43. The van der Waals surface area contributed by atoms with Gasteiger partial charge in [0.2, 0.25) is 5.91 Å². The highest BCUT2D eigenvalue weighted by atomic mass is 19.1. The maximum absolute atomic E-state index is 13.2. The van der Waals surface area contributed by atoms with E-state index < -0.39 is 6.10 Å². The molecule has 0 saturated carbocycles. The first-order chi connectivity index (χ1) is 11.0. The highest BCUT2D eigenvalue weighted by Gasteiger charge is 2.23. The number of carbonyl (C=O) groups excluding carboxylic acids is 1. The maximum Gasteiger partial charge on any atom is 0.220 e. The molecule has 1 aliphatic heterocycles. The molecule has 1 aromatic carbocycles. The molecule has 128 valence electrons. The van der Waals surface area contributed by atoms with Crippen molar-refractivity contribution < 1.29 is 14.3 Å². The van der Waals surface area contributed by atoms with E-state index in [1.54, 1.807) is 6.07 Å². The third-order valence-corrected chi connectivity index (χ3v) is 4.37. The number of aliphatic hydroxyl groups excluding tert-OH is 1. The van der Waals surface area contributed by atoms with Crippen LogP contribution in [0.4, 0.5) is 4.39 Å². The van der Waals surface area contributed by atoms with Gasteiger partial charge in [-0.25, -0.2) is 4.39 Å². The molecule has 2 unspecified atom stereocenters. The number of β-amino-alcohol motifs (C(OH)–C–C–N with tert-alkyl or cyclic N) is 1. The van der Waals surface area contributed by atoms with Crippen LogP contribution in [0, 0.1) is 12.7 Å². The van der Waals surface area contributed by atoms with Gasteiger partial charge in [0, 0.05) is 25.6 Å². The molecule has 0 radical (unpaired) electrons. The molecule has 1 aliphatic rings. The number of aliphatic hydroxyl groups is 1. The van der Waals surface area contributed by atoms with E-state index in [0.29, 0.717) is 13.0 Å². The van der Waals surface area contributed by atoms with Crippen LogP contribution in [0.15, 0.2) is 18.2 Å². The van der Waals surface area contributed by atoms with E-state index in [9.17, 15) is 14.3 Å². The van der Waals surface area contributed by atoms with Gasteiger partial charge in [-0.1, -0.05) is 13.0 Å². The molecule has 2 atom stereocenters. The molecule has 1 saturated heterocycles. The summed E-state index contributed by atoms with van der Waals surface area (Å²) in [5, 5.41) is 13.5. The number of aryl methyl sites for hydroxylation is 1. The third kappa shape index (κ3) is 5.29. The zero-order valence-corrected chi connectivity index (χ0v) is 14.0. The van der Waals surface area contributed by atoms with Crippen molar-refractivity contribution in [1.82, 2.24) is 10.2 Å². The van der Waals surface area contributed by atoms with Crippen molar-refractivity contribution >= 4 is 5.91 Å². The average molecular weight is 322 g/mol. The van der Waals surface area contributed by atoms with Crippen molar-refractivity contribution in [1.29, 1.82) is 0 Å². The molecule has 1 fully saturated rings. The van der Waals surface area contributed by atoms with Gasteiger partial charge in [-0.2, -0.15) is 0 Å². The predicted molar refractivity (Wildman–Crippen MR) is 88.6 cm³/mol. The van der Waals surface area contributed by atoms with Crippen LogP contribution in [-0.4, -0.2) is 41.6 Å². The Bertz CT molecular complexity index is 536. The molecule has 0 spiro atoms. The van der Waals surface area contributed by atoms with Crippen LogP contribution in [0.3, 0.4) is 0 Å². The van der Waals surface area contributed by atoms with Crippen molar-refractivity contribution in [2.24, 2.45) is 0 Å². The van der Waals surface area contributed by atoms with E-state index in [1.165, 1.54) is 12.1 Å². The number of nitrogens with one attached hydrogen (secondary N) is 1. The number of hydrogen-bond donors (Lipinski definition) is 2. The number of amides is 1. The number of rotatable bonds is 6. The standard InChI is InChI=1S/C18H27FN2O2/c1-3-5-18(23)20-15-6-4-9-21(11-15)12-17(22)16-8-7-14(19)10-13(16)2/h7-8,10,15,17,22H,3-6,9,11-12H2,1-2H3,(H,20,23). The Balaban J connectivity index is 1.90. The molecule has 0 aliphatic carbocycles. The van der Waals surface area contributed by atoms with E-state index in [4.69, 9.17) is 0 Å². The summed E-state index contributed by atoms with van der Waals surface area (Å²) in [6.45, 7) is 5.98. The van der Waals surface area contributed by atoms with Gasteiger partial charge in [0.1, 0.15) is 5.82 Å². The summed E-state index contributed by atoms with van der Waals surface area (Å²) >= 11 is 0. The fourth-order valence-corrected chi connectivity index (χ4v) is 3.22. The van der Waals surface area contributed by atoms with Crippen LogP contribution in [0.25, 0.3) is 0 Å². The Hall–Kier alpha value is -1.46. The quantitative estimate of drug-likeness (QED) is 0.846. The molecule has 2 N–H and O–H groups in total. The van der Waals surface area contributed by atoms with Gasteiger partial charge >= 0.3 is 0 Å². The molecule has 4 nitrogen and oxygen atoms in total. The lowest BCUT2D eigenvalue weighted by Crippen LogP contribution is -2.48. The normalized spacial score (nSPS) is 20.3. The van der Waals surface area contributed by atoms with E-state index in [2.05, 4.69) is 10.2 Å². The number of halogens is 1. The van der Waals surface area contributed by atoms with Crippen LogP contribution in [0.5, 0.6) is 0 Å². The number of benzene rings is 1. The van der Waals surface area contributed by atoms with E-state index in [1.807, 2.05) is 13.8 Å². The van der Waals surface area contributed by atoms with Crippen LogP contribution in [0.1, 0.15) is 49.8 Å². The molecular weight excluding hydrogens is 295 g/mol. The Kier molecular flexibility index (Phi) is 6.54. The first-order valence-electron chi connectivity index (χ1n) is 8.45. The summed E-state index contributed by atoms with van der Waals surface area (Å²) < 4.78 is 13.2. The number of hydrogen-bond acceptors (Lipinski definition) is 3. The highest BCUT2D eigenvalue weighted by molar-refractivity contribution is 5.76. The minimum atomic E-state index is -0.638. The summed E-state index contributed by atoms with van der Waals surface area (Å²) in [4.78, 5) is 13.9. The van der Waals surface area contributed by atoms with Crippen molar-refractivity contribution in [3.05, 3.63) is 35.1 Å². The van der Waals surface area contributed by atoms with Gasteiger partial charge in [0.15, 0.2) is 0 Å². The smallest absolute Gasteiger partial charge is 0.220 e. The van der Waals surface area contributed by atoms with E-state index >= 15 is 0 Å². The van der Waals surface area contributed by atoms with Crippen LogP contribution in [-0.2, 0) is 4.79 Å². The largest absolute Gasteiger partial charge is 0.387 e. The second-order valence-corrected chi connectivity index (χ2v) is 6.43. The predicted octanol–water partition coefficient (Wildman–Crippen LogP) is 2.55. The molecule has 1 amide bonds. The Morgan fingerprint density at radius 2 is 2.30 bits per heavy atom. The van der Waals surface area contributed by atoms with Gasteiger partial charge in [-0.3, -0.25) is 9.69 Å². The first kappa shape index (κ1) is 17.9. The van der Waals surface area contributed by atoms with Crippen LogP contribution in [0.2, 0.25) is 0 Å². The third-order valence-electron chi connectivity index (χ3n) is 4.37.